The predicted octanol–water partition coefficient (Wildman–Crippen LogP) is 4.18. The molecule has 30 heavy (non-hydrogen) atoms. The number of carboxylic acid groups (broad SMARTS) is 1. The average molecular weight is 408 g/mol. The van der Waals surface area contributed by atoms with Crippen LogP contribution < -0.4 is 10.1 Å². The molecule has 0 aliphatic rings. The highest BCUT2D eigenvalue weighted by atomic mass is 19.2. The van der Waals surface area contributed by atoms with Crippen molar-refractivity contribution in [1.29, 1.82) is 0 Å². The maximum absolute atomic E-state index is 13.6. The fourth-order valence-corrected chi connectivity index (χ4v) is 2.77. The molecule has 0 aliphatic heterocycles. The molecule has 0 spiro atoms. The summed E-state index contributed by atoms with van der Waals surface area (Å²) in [5.41, 5.74) is 1.48. The number of anilines is 2. The summed E-state index contributed by atoms with van der Waals surface area (Å²) in [6.45, 7) is -0.508. The third-order valence-corrected chi connectivity index (χ3v) is 4.13. The third kappa shape index (κ3) is 4.14. The molecule has 0 atom stereocenters. The van der Waals surface area contributed by atoms with Crippen LogP contribution >= 0.6 is 0 Å². The zero-order chi connectivity index (χ0) is 21.1. The van der Waals surface area contributed by atoms with Crippen molar-refractivity contribution in [1.82, 2.24) is 15.0 Å². The molecule has 0 amide bonds. The second-order valence-corrected chi connectivity index (χ2v) is 6.25. The molecule has 9 heteroatoms. The number of aliphatic carboxylic acids is 1. The molecule has 150 valence electrons. The van der Waals surface area contributed by atoms with Crippen LogP contribution in [0, 0.1) is 11.6 Å². The first kappa shape index (κ1) is 19.2. The molecule has 0 bridgehead atoms. The summed E-state index contributed by atoms with van der Waals surface area (Å²) in [6.07, 6.45) is 3.23. The molecule has 4 aromatic rings. The van der Waals surface area contributed by atoms with E-state index in [-0.39, 0.29) is 5.69 Å². The van der Waals surface area contributed by atoms with Gasteiger partial charge in [0.25, 0.3) is 0 Å². The van der Waals surface area contributed by atoms with Crippen LogP contribution in [-0.4, -0.2) is 32.6 Å². The lowest BCUT2D eigenvalue weighted by molar-refractivity contribution is -0.139. The first-order valence-corrected chi connectivity index (χ1v) is 8.78. The van der Waals surface area contributed by atoms with Crippen molar-refractivity contribution in [3.05, 3.63) is 72.6 Å². The van der Waals surface area contributed by atoms with Gasteiger partial charge in [0.05, 0.1) is 5.52 Å². The number of rotatable bonds is 6. The van der Waals surface area contributed by atoms with Crippen LogP contribution in [0.3, 0.4) is 0 Å². The fraction of sp³-hybridized carbons (Fsp3) is 0.0476. The van der Waals surface area contributed by atoms with Crippen LogP contribution in [0.1, 0.15) is 0 Å². The van der Waals surface area contributed by atoms with Gasteiger partial charge in [0.2, 0.25) is 0 Å². The Morgan fingerprint density at radius 3 is 2.67 bits per heavy atom. The summed E-state index contributed by atoms with van der Waals surface area (Å²) in [5, 5.41) is 12.3. The number of aromatic nitrogens is 3. The third-order valence-electron chi connectivity index (χ3n) is 4.13. The zero-order valence-electron chi connectivity index (χ0n) is 15.3. The number of hydrogen-bond acceptors (Lipinski definition) is 6. The summed E-state index contributed by atoms with van der Waals surface area (Å²) < 4.78 is 32.2. The summed E-state index contributed by atoms with van der Waals surface area (Å²) in [4.78, 5) is 23.9. The fourth-order valence-electron chi connectivity index (χ4n) is 2.77. The lowest BCUT2D eigenvalue weighted by atomic mass is 10.2. The Kier molecular flexibility index (Phi) is 5.17. The van der Waals surface area contributed by atoms with Gasteiger partial charge in [0.1, 0.15) is 11.6 Å². The van der Waals surface area contributed by atoms with Gasteiger partial charge >= 0.3 is 5.97 Å². The van der Waals surface area contributed by atoms with E-state index in [2.05, 4.69) is 20.3 Å². The second-order valence-electron chi connectivity index (χ2n) is 6.25. The van der Waals surface area contributed by atoms with E-state index in [9.17, 15) is 13.6 Å². The molecule has 4 rings (SSSR count). The molecule has 2 heterocycles. The molecule has 7 nitrogen and oxygen atoms in total. The Labute approximate surface area is 169 Å². The lowest BCUT2D eigenvalue weighted by Crippen LogP contribution is -2.09. The number of nitrogens with zero attached hydrogens (tertiary/aromatic N) is 3. The minimum absolute atomic E-state index is 0.280. The van der Waals surface area contributed by atoms with Gasteiger partial charge in [-0.25, -0.2) is 23.5 Å². The molecule has 0 saturated heterocycles. The number of carboxylic acids is 1. The highest BCUT2D eigenvalue weighted by molar-refractivity contribution is 5.93. The first-order valence-electron chi connectivity index (χ1n) is 8.78. The molecule has 0 saturated carbocycles. The molecule has 0 fully saturated rings. The van der Waals surface area contributed by atoms with Gasteiger partial charge in [-0.05, 0) is 42.5 Å². The average Bonchev–Trinajstić information content (AvgIpc) is 2.75. The number of halogens is 2. The summed E-state index contributed by atoms with van der Waals surface area (Å²) in [7, 11) is 0. The van der Waals surface area contributed by atoms with Gasteiger partial charge in [-0.15, -0.1) is 0 Å². The largest absolute Gasteiger partial charge is 0.482 e. The maximum atomic E-state index is 13.6. The number of fused-ring (bicyclic) bond motifs is 1. The summed E-state index contributed by atoms with van der Waals surface area (Å²) in [5.74, 6) is -2.09. The molecule has 0 aliphatic carbocycles. The summed E-state index contributed by atoms with van der Waals surface area (Å²) >= 11 is 0. The minimum Gasteiger partial charge on any atom is -0.482 e. The van der Waals surface area contributed by atoms with Crippen molar-refractivity contribution in [2.45, 2.75) is 0 Å². The van der Waals surface area contributed by atoms with Crippen molar-refractivity contribution in [2.24, 2.45) is 0 Å². The number of pyridine rings is 1. The Bertz CT molecular complexity index is 1240. The standard InChI is InChI=1S/C21H14F2N4O3/c22-16-5-3-13(8-17(16)23)25-21-15-9-14(30-11-19(28)29)4-6-18(15)26-20(27-21)12-2-1-7-24-10-12/h1-10H,11H2,(H,28,29)(H,25,26,27). The number of carbonyl (C=O) groups is 1. The van der Waals surface area contributed by atoms with Gasteiger partial charge < -0.3 is 15.2 Å². The van der Waals surface area contributed by atoms with Gasteiger partial charge in [0, 0.05) is 35.1 Å². The maximum Gasteiger partial charge on any atom is 0.341 e. The topological polar surface area (TPSA) is 97.2 Å². The van der Waals surface area contributed by atoms with Crippen molar-refractivity contribution in [3.63, 3.8) is 0 Å². The van der Waals surface area contributed by atoms with Crippen LogP contribution in [0.15, 0.2) is 60.9 Å². The monoisotopic (exact) mass is 408 g/mol. The van der Waals surface area contributed by atoms with Gasteiger partial charge in [0.15, 0.2) is 24.1 Å². The van der Waals surface area contributed by atoms with E-state index in [1.54, 1.807) is 42.7 Å². The van der Waals surface area contributed by atoms with Crippen LogP contribution in [-0.2, 0) is 4.79 Å². The van der Waals surface area contributed by atoms with Crippen LogP contribution in [0.5, 0.6) is 5.75 Å². The molecular weight excluding hydrogens is 394 g/mol. The smallest absolute Gasteiger partial charge is 0.341 e. The van der Waals surface area contributed by atoms with Crippen LogP contribution in [0.25, 0.3) is 22.3 Å². The molecule has 2 aromatic carbocycles. The van der Waals surface area contributed by atoms with Gasteiger partial charge in [-0.1, -0.05) is 0 Å². The first-order chi connectivity index (χ1) is 14.5. The number of benzene rings is 2. The van der Waals surface area contributed by atoms with Gasteiger partial charge in [-0.2, -0.15) is 0 Å². The second kappa shape index (κ2) is 8.08. The van der Waals surface area contributed by atoms with Crippen molar-refractivity contribution in [2.75, 3.05) is 11.9 Å². The Hall–Kier alpha value is -4.14. The number of hydrogen-bond donors (Lipinski definition) is 2. The van der Waals surface area contributed by atoms with Crippen LogP contribution in [0.4, 0.5) is 20.3 Å². The summed E-state index contributed by atoms with van der Waals surface area (Å²) in [6, 6.07) is 11.8. The van der Waals surface area contributed by atoms with E-state index >= 15 is 0 Å². The van der Waals surface area contributed by atoms with E-state index in [1.807, 2.05) is 0 Å². The van der Waals surface area contributed by atoms with E-state index in [4.69, 9.17) is 9.84 Å². The highest BCUT2D eigenvalue weighted by Gasteiger charge is 2.13. The normalized spacial score (nSPS) is 10.7. The van der Waals surface area contributed by atoms with Gasteiger partial charge in [-0.3, -0.25) is 4.98 Å². The zero-order valence-corrected chi connectivity index (χ0v) is 15.3. The molecular formula is C21H14F2N4O3. The lowest BCUT2D eigenvalue weighted by Gasteiger charge is -2.12. The minimum atomic E-state index is -1.11. The Morgan fingerprint density at radius 1 is 1.07 bits per heavy atom. The van der Waals surface area contributed by atoms with Crippen LogP contribution in [0.2, 0.25) is 0 Å². The van der Waals surface area contributed by atoms with Crippen molar-refractivity contribution < 1.29 is 23.4 Å². The molecule has 2 N–H and O–H groups in total. The molecule has 2 aromatic heterocycles. The highest BCUT2D eigenvalue weighted by Crippen LogP contribution is 2.30. The predicted molar refractivity (Wildman–Crippen MR) is 106 cm³/mol. The Morgan fingerprint density at radius 2 is 1.93 bits per heavy atom. The molecule has 0 radical (unpaired) electrons. The van der Waals surface area contributed by atoms with E-state index in [1.165, 1.54) is 6.07 Å². The van der Waals surface area contributed by atoms with E-state index < -0.39 is 24.2 Å². The van der Waals surface area contributed by atoms with Crippen molar-refractivity contribution in [3.8, 4) is 17.1 Å². The van der Waals surface area contributed by atoms with Crippen molar-refractivity contribution >= 4 is 28.4 Å². The molecule has 0 unspecified atom stereocenters. The number of nitrogens with one attached hydrogen (secondary N) is 1. The number of ether oxygens (including phenoxy) is 1. The quantitative estimate of drug-likeness (QED) is 0.494. The van der Waals surface area contributed by atoms with E-state index in [0.29, 0.717) is 33.9 Å². The SMILES string of the molecule is O=C(O)COc1ccc2nc(-c3cccnc3)nc(Nc3ccc(F)c(F)c3)c2c1. The Balaban J connectivity index is 1.82. The van der Waals surface area contributed by atoms with E-state index in [0.717, 1.165) is 12.1 Å².